The smallest absolute Gasteiger partial charge is 0.305 e. The van der Waals surface area contributed by atoms with E-state index in [-0.39, 0.29) is 58.1 Å². The Labute approximate surface area is 266 Å². The number of esters is 1. The predicted molar refractivity (Wildman–Crippen MR) is 183 cm³/mol. The van der Waals surface area contributed by atoms with Gasteiger partial charge in [-0.15, -0.1) is 0 Å². The topological polar surface area (TPSA) is 78.9 Å². The number of carbonyl (C=O) groups excluding carboxylic acids is 3. The molecule has 43 heavy (non-hydrogen) atoms. The van der Waals surface area contributed by atoms with Gasteiger partial charge >= 0.3 is 5.97 Å². The van der Waals surface area contributed by atoms with E-state index in [1.165, 1.54) is 26.4 Å². The maximum absolute atomic E-state index is 13.5. The van der Waals surface area contributed by atoms with E-state index >= 15 is 0 Å². The number of methoxy groups -OCH3 is 1. The fourth-order valence-electron chi connectivity index (χ4n) is 5.22. The molecule has 0 aliphatic heterocycles. The SMILES string of the molecule is CCCC[C@H](C)CC(C=C[C@H]1C(O[Si](C)(C)C(C)(C)C)CC(=O)[C@@H]1CC(=O)CCCCC(=O)OC)O[Si](C)(C)C(C)(C)C. The first kappa shape index (κ1) is 39.9. The average molecular weight is 639 g/mol. The number of Topliss-reactive ketones (excluding diaryl/α,β-unsaturated/α-hetero) is 2. The molecule has 0 N–H and O–H groups in total. The van der Waals surface area contributed by atoms with Crippen molar-refractivity contribution in [3.05, 3.63) is 12.2 Å². The zero-order valence-electron chi connectivity index (χ0n) is 30.1. The molecule has 1 aliphatic rings. The number of ketones is 2. The van der Waals surface area contributed by atoms with E-state index in [1.54, 1.807) is 0 Å². The van der Waals surface area contributed by atoms with E-state index in [0.717, 1.165) is 6.42 Å². The molecule has 6 nitrogen and oxygen atoms in total. The van der Waals surface area contributed by atoms with E-state index in [2.05, 4.69) is 93.7 Å². The van der Waals surface area contributed by atoms with Crippen LogP contribution < -0.4 is 0 Å². The summed E-state index contributed by atoms with van der Waals surface area (Å²) in [6.07, 6.45) is 11.1. The summed E-state index contributed by atoms with van der Waals surface area (Å²) in [6, 6.07) is 0. The minimum Gasteiger partial charge on any atom is -0.469 e. The summed E-state index contributed by atoms with van der Waals surface area (Å²) in [5.74, 6) is -0.0579. The molecule has 8 heteroatoms. The number of hydrogen-bond donors (Lipinski definition) is 0. The van der Waals surface area contributed by atoms with Gasteiger partial charge in [-0.05, 0) is 61.4 Å². The Hall–Kier alpha value is -1.10. The summed E-state index contributed by atoms with van der Waals surface area (Å²) in [5.41, 5.74) is 0. The number of hydrogen-bond acceptors (Lipinski definition) is 6. The van der Waals surface area contributed by atoms with Crippen LogP contribution in [0.2, 0.25) is 36.3 Å². The Morgan fingerprint density at radius 3 is 2.07 bits per heavy atom. The van der Waals surface area contributed by atoms with Crippen LogP contribution in [-0.4, -0.2) is 53.5 Å². The normalized spacial score (nSPS) is 21.8. The van der Waals surface area contributed by atoms with Crippen LogP contribution in [0, 0.1) is 17.8 Å². The van der Waals surface area contributed by atoms with Crippen molar-refractivity contribution in [3.8, 4) is 0 Å². The summed E-state index contributed by atoms with van der Waals surface area (Å²) in [6.45, 7) is 27.1. The fraction of sp³-hybridized carbons (Fsp3) is 0.857. The highest BCUT2D eigenvalue weighted by Crippen LogP contribution is 2.43. The lowest BCUT2D eigenvalue weighted by Crippen LogP contribution is -2.45. The molecule has 1 rings (SSSR count). The molecule has 0 aromatic rings. The predicted octanol–water partition coefficient (Wildman–Crippen LogP) is 9.44. The van der Waals surface area contributed by atoms with Gasteiger partial charge in [0.05, 0.1) is 19.3 Å². The molecular weight excluding hydrogens is 573 g/mol. The zero-order chi connectivity index (χ0) is 33.2. The van der Waals surface area contributed by atoms with Crippen LogP contribution in [0.5, 0.6) is 0 Å². The quantitative estimate of drug-likeness (QED) is 0.0644. The molecule has 0 radical (unpaired) electrons. The molecule has 1 fully saturated rings. The van der Waals surface area contributed by atoms with E-state index in [4.69, 9.17) is 13.6 Å². The summed E-state index contributed by atoms with van der Waals surface area (Å²) in [4.78, 5) is 38.0. The van der Waals surface area contributed by atoms with Crippen LogP contribution in [0.3, 0.4) is 0 Å². The van der Waals surface area contributed by atoms with Gasteiger partial charge in [-0.3, -0.25) is 14.4 Å². The van der Waals surface area contributed by atoms with E-state index in [9.17, 15) is 14.4 Å². The second-order valence-corrected chi connectivity index (χ2v) is 25.6. The molecule has 0 spiro atoms. The van der Waals surface area contributed by atoms with Gasteiger partial charge in [-0.25, -0.2) is 0 Å². The first-order chi connectivity index (χ1) is 19.6. The molecular formula is C35H66O6Si2. The molecule has 0 aromatic carbocycles. The third-order valence-corrected chi connectivity index (χ3v) is 19.2. The van der Waals surface area contributed by atoms with Crippen molar-refractivity contribution in [2.45, 2.75) is 168 Å². The third-order valence-electron chi connectivity index (χ3n) is 10.2. The molecule has 0 aromatic heterocycles. The zero-order valence-corrected chi connectivity index (χ0v) is 32.1. The van der Waals surface area contributed by atoms with Gasteiger partial charge in [0.1, 0.15) is 11.6 Å². The lowest BCUT2D eigenvalue weighted by Gasteiger charge is -2.40. The van der Waals surface area contributed by atoms with Crippen molar-refractivity contribution in [1.82, 2.24) is 0 Å². The van der Waals surface area contributed by atoms with Gasteiger partial charge in [0.15, 0.2) is 16.6 Å². The number of carbonyl (C=O) groups is 3. The molecule has 0 saturated heterocycles. The van der Waals surface area contributed by atoms with Gasteiger partial charge in [-0.1, -0.05) is 86.8 Å². The van der Waals surface area contributed by atoms with Crippen molar-refractivity contribution in [2.75, 3.05) is 7.11 Å². The maximum atomic E-state index is 13.5. The average Bonchev–Trinajstić information content (AvgIpc) is 3.14. The second-order valence-electron chi connectivity index (χ2n) is 16.1. The van der Waals surface area contributed by atoms with Crippen LogP contribution in [0.1, 0.15) is 120 Å². The molecule has 0 heterocycles. The van der Waals surface area contributed by atoms with Gasteiger partial charge < -0.3 is 13.6 Å². The molecule has 250 valence electrons. The van der Waals surface area contributed by atoms with Gasteiger partial charge in [0.25, 0.3) is 0 Å². The summed E-state index contributed by atoms with van der Waals surface area (Å²) in [5, 5.41) is 0.104. The second kappa shape index (κ2) is 17.0. The molecule has 5 atom stereocenters. The van der Waals surface area contributed by atoms with Crippen LogP contribution in [0.15, 0.2) is 12.2 Å². The maximum Gasteiger partial charge on any atom is 0.305 e. The van der Waals surface area contributed by atoms with Crippen molar-refractivity contribution < 1.29 is 28.0 Å². The van der Waals surface area contributed by atoms with Crippen LogP contribution in [0.25, 0.3) is 0 Å². The largest absolute Gasteiger partial charge is 0.469 e. The monoisotopic (exact) mass is 638 g/mol. The Bertz CT molecular complexity index is 928. The van der Waals surface area contributed by atoms with Crippen molar-refractivity contribution >= 4 is 34.2 Å². The molecule has 1 aliphatic carbocycles. The first-order valence-electron chi connectivity index (χ1n) is 16.8. The highest BCUT2D eigenvalue weighted by Gasteiger charge is 2.48. The van der Waals surface area contributed by atoms with Gasteiger partial charge in [-0.2, -0.15) is 0 Å². The van der Waals surface area contributed by atoms with Crippen molar-refractivity contribution in [1.29, 1.82) is 0 Å². The van der Waals surface area contributed by atoms with Crippen molar-refractivity contribution in [3.63, 3.8) is 0 Å². The lowest BCUT2D eigenvalue weighted by atomic mass is 9.87. The molecule has 2 unspecified atom stereocenters. The lowest BCUT2D eigenvalue weighted by molar-refractivity contribution is -0.140. The summed E-state index contributed by atoms with van der Waals surface area (Å²) in [7, 11) is -2.81. The van der Waals surface area contributed by atoms with Gasteiger partial charge in [0, 0.05) is 37.5 Å². The van der Waals surface area contributed by atoms with Crippen LogP contribution >= 0.6 is 0 Å². The fourth-order valence-corrected chi connectivity index (χ4v) is 7.86. The van der Waals surface area contributed by atoms with Crippen molar-refractivity contribution in [2.24, 2.45) is 17.8 Å². The Kier molecular flexibility index (Phi) is 15.8. The Balaban J connectivity index is 3.31. The number of unbranched alkanes of at least 4 members (excludes halogenated alkanes) is 2. The highest BCUT2D eigenvalue weighted by molar-refractivity contribution is 6.74. The minimum atomic E-state index is -2.15. The Morgan fingerprint density at radius 2 is 1.53 bits per heavy atom. The van der Waals surface area contributed by atoms with Gasteiger partial charge in [0.2, 0.25) is 0 Å². The minimum absolute atomic E-state index is 0.0144. The standard InChI is InChI=1S/C35H66O6Si2/c1-14-15-18-26(2)23-28(40-42(10,11)34(3,4)5)21-22-29-30(24-27(36)19-16-17-20-33(38)39-9)31(37)25-32(29)41-43(12,13)35(6,7)8/h21-22,26,28-30,32H,14-20,23-25H2,1-13H3/t26-,28?,29+,30+,32?/m0/s1. The first-order valence-corrected chi connectivity index (χ1v) is 22.6. The molecule has 0 bridgehead atoms. The summed E-state index contributed by atoms with van der Waals surface area (Å²) < 4.78 is 18.6. The van der Waals surface area contributed by atoms with E-state index in [0.29, 0.717) is 38.0 Å². The number of rotatable bonds is 18. The van der Waals surface area contributed by atoms with E-state index in [1.807, 2.05) is 0 Å². The third kappa shape index (κ3) is 13.0. The van der Waals surface area contributed by atoms with E-state index < -0.39 is 16.6 Å². The molecule has 1 saturated carbocycles. The highest BCUT2D eigenvalue weighted by atomic mass is 28.4. The number of ether oxygens (including phenoxy) is 1. The van der Waals surface area contributed by atoms with Crippen LogP contribution in [-0.2, 0) is 28.0 Å². The molecule has 0 amide bonds. The Morgan fingerprint density at radius 1 is 0.953 bits per heavy atom. The van der Waals surface area contributed by atoms with Crippen LogP contribution in [0.4, 0.5) is 0 Å². The summed E-state index contributed by atoms with van der Waals surface area (Å²) >= 11 is 0.